The Morgan fingerprint density at radius 2 is 1.85 bits per heavy atom. The molecule has 3 nitrogen and oxygen atoms in total. The molecule has 0 fully saturated rings. The minimum atomic E-state index is 0.541. The molecule has 0 amide bonds. The van der Waals surface area contributed by atoms with Crippen molar-refractivity contribution in [3.8, 4) is 0 Å². The van der Waals surface area contributed by atoms with E-state index in [1.807, 2.05) is 31.2 Å². The van der Waals surface area contributed by atoms with Gasteiger partial charge in [-0.3, -0.25) is 0 Å². The number of nitrogens with zero attached hydrogens (tertiary/aromatic N) is 2. The summed E-state index contributed by atoms with van der Waals surface area (Å²) in [5.74, 6) is 0.743. The maximum atomic E-state index is 6.19. The van der Waals surface area contributed by atoms with Crippen LogP contribution in [0, 0.1) is 6.92 Å². The monoisotopic (exact) mass is 309 g/mol. The molecule has 0 saturated carbocycles. The van der Waals surface area contributed by atoms with Gasteiger partial charge in [0.25, 0.3) is 0 Å². The topological polar surface area (TPSA) is 37.8 Å². The molecule has 0 aliphatic rings. The molecule has 0 saturated heterocycles. The number of rotatable bonds is 5. The first-order valence-electron chi connectivity index (χ1n) is 6.57. The van der Waals surface area contributed by atoms with Gasteiger partial charge in [0.05, 0.1) is 5.69 Å². The van der Waals surface area contributed by atoms with Gasteiger partial charge < -0.3 is 5.32 Å². The van der Waals surface area contributed by atoms with Crippen LogP contribution < -0.4 is 5.32 Å². The summed E-state index contributed by atoms with van der Waals surface area (Å²) in [6.07, 6.45) is 0.541. The number of aryl methyl sites for hydroxylation is 1. The van der Waals surface area contributed by atoms with Crippen molar-refractivity contribution in [2.45, 2.75) is 26.8 Å². The van der Waals surface area contributed by atoms with Gasteiger partial charge in [-0.25, -0.2) is 9.97 Å². The fourth-order valence-corrected chi connectivity index (χ4v) is 2.51. The third-order valence-electron chi connectivity index (χ3n) is 2.91. The number of hydrogen-bond acceptors (Lipinski definition) is 3. The molecule has 1 N–H and O–H groups in total. The van der Waals surface area contributed by atoms with Crippen molar-refractivity contribution in [3.63, 3.8) is 0 Å². The van der Waals surface area contributed by atoms with Gasteiger partial charge in [0, 0.05) is 28.7 Å². The first-order valence-corrected chi connectivity index (χ1v) is 7.32. The third-order valence-corrected chi connectivity index (χ3v) is 3.61. The highest BCUT2D eigenvalue weighted by molar-refractivity contribution is 6.36. The van der Waals surface area contributed by atoms with Crippen molar-refractivity contribution < 1.29 is 0 Å². The first-order chi connectivity index (χ1) is 9.60. The molecule has 0 atom stereocenters. The molecule has 0 aliphatic carbocycles. The van der Waals surface area contributed by atoms with Crippen molar-refractivity contribution in [1.82, 2.24) is 15.3 Å². The summed E-state index contributed by atoms with van der Waals surface area (Å²) in [6.45, 7) is 5.69. The number of aromatic nitrogens is 2. The zero-order chi connectivity index (χ0) is 14.5. The van der Waals surface area contributed by atoms with Crippen LogP contribution in [-0.2, 0) is 13.0 Å². The molecule has 0 bridgehead atoms. The minimum absolute atomic E-state index is 0.541. The summed E-state index contributed by atoms with van der Waals surface area (Å²) in [5, 5.41) is 4.56. The average molecular weight is 310 g/mol. The van der Waals surface area contributed by atoms with Crippen LogP contribution in [0.1, 0.15) is 29.7 Å². The lowest BCUT2D eigenvalue weighted by Crippen LogP contribution is -2.14. The molecule has 0 unspecified atom stereocenters. The van der Waals surface area contributed by atoms with E-state index in [9.17, 15) is 0 Å². The Kier molecular flexibility index (Phi) is 5.35. The van der Waals surface area contributed by atoms with Gasteiger partial charge in [0.15, 0.2) is 0 Å². The quantitative estimate of drug-likeness (QED) is 0.913. The number of nitrogens with one attached hydrogen (secondary N) is 1. The Balaban J connectivity index is 2.27. The van der Waals surface area contributed by atoms with Crippen LogP contribution in [0.25, 0.3) is 0 Å². The highest BCUT2D eigenvalue weighted by atomic mass is 35.5. The molecule has 0 spiro atoms. The van der Waals surface area contributed by atoms with Crippen molar-refractivity contribution >= 4 is 23.2 Å². The van der Waals surface area contributed by atoms with Gasteiger partial charge in [0.2, 0.25) is 0 Å². The van der Waals surface area contributed by atoms with Crippen LogP contribution in [0.4, 0.5) is 0 Å². The Labute approximate surface area is 129 Å². The van der Waals surface area contributed by atoms with E-state index in [2.05, 4.69) is 22.2 Å². The Morgan fingerprint density at radius 1 is 1.15 bits per heavy atom. The van der Waals surface area contributed by atoms with Gasteiger partial charge >= 0.3 is 0 Å². The third kappa shape index (κ3) is 3.92. The predicted molar refractivity (Wildman–Crippen MR) is 83.4 cm³/mol. The van der Waals surface area contributed by atoms with Crippen LogP contribution in [0.15, 0.2) is 24.3 Å². The minimum Gasteiger partial charge on any atom is -0.311 e. The van der Waals surface area contributed by atoms with Crippen molar-refractivity contribution in [1.29, 1.82) is 0 Å². The van der Waals surface area contributed by atoms with Gasteiger partial charge in [-0.1, -0.05) is 36.2 Å². The lowest BCUT2D eigenvalue weighted by atomic mass is 10.1. The van der Waals surface area contributed by atoms with Gasteiger partial charge in [0.1, 0.15) is 5.82 Å². The smallest absolute Gasteiger partial charge is 0.133 e. The van der Waals surface area contributed by atoms with E-state index >= 15 is 0 Å². The molecule has 1 aromatic carbocycles. The van der Waals surface area contributed by atoms with Crippen LogP contribution in [0.5, 0.6) is 0 Å². The predicted octanol–water partition coefficient (Wildman–Crippen LogP) is 3.79. The first kappa shape index (κ1) is 15.2. The Hall–Kier alpha value is -1.16. The zero-order valence-electron chi connectivity index (χ0n) is 11.6. The summed E-state index contributed by atoms with van der Waals surface area (Å²) in [4.78, 5) is 9.02. The van der Waals surface area contributed by atoms with E-state index in [4.69, 9.17) is 23.2 Å². The largest absolute Gasteiger partial charge is 0.311 e. The molecular formula is C15H17Cl2N3. The Morgan fingerprint density at radius 3 is 2.50 bits per heavy atom. The van der Waals surface area contributed by atoms with Gasteiger partial charge in [-0.15, -0.1) is 0 Å². The molecule has 5 heteroatoms. The van der Waals surface area contributed by atoms with Crippen LogP contribution >= 0.6 is 23.2 Å². The normalized spacial score (nSPS) is 10.8. The fourth-order valence-electron chi connectivity index (χ4n) is 1.98. The summed E-state index contributed by atoms with van der Waals surface area (Å²) < 4.78 is 0. The molecule has 0 aliphatic heterocycles. The molecule has 106 valence electrons. The van der Waals surface area contributed by atoms with Gasteiger partial charge in [-0.2, -0.15) is 0 Å². The highest BCUT2D eigenvalue weighted by Gasteiger charge is 2.09. The van der Waals surface area contributed by atoms with E-state index in [-0.39, 0.29) is 0 Å². The summed E-state index contributed by atoms with van der Waals surface area (Å²) >= 11 is 12.4. The van der Waals surface area contributed by atoms with E-state index in [1.165, 1.54) is 0 Å². The lowest BCUT2D eigenvalue weighted by Gasteiger charge is -2.09. The SMILES string of the molecule is CCNCc1cc(C)nc(Cc2c(Cl)cccc2Cl)n1. The molecule has 0 radical (unpaired) electrons. The van der Waals surface area contributed by atoms with Crippen molar-refractivity contribution in [2.75, 3.05) is 6.54 Å². The second-order valence-electron chi connectivity index (χ2n) is 4.57. The lowest BCUT2D eigenvalue weighted by molar-refractivity contribution is 0.700. The molecule has 2 aromatic rings. The second-order valence-corrected chi connectivity index (χ2v) is 5.39. The van der Waals surface area contributed by atoms with Crippen molar-refractivity contribution in [2.24, 2.45) is 0 Å². The van der Waals surface area contributed by atoms with Crippen LogP contribution in [0.3, 0.4) is 0 Å². The maximum absolute atomic E-state index is 6.19. The number of benzene rings is 1. The van der Waals surface area contributed by atoms with Crippen LogP contribution in [0.2, 0.25) is 10.0 Å². The number of halogens is 2. The van der Waals surface area contributed by atoms with Crippen molar-refractivity contribution in [3.05, 3.63) is 57.1 Å². The fraction of sp³-hybridized carbons (Fsp3) is 0.333. The standard InChI is InChI=1S/C15H17Cl2N3/c1-3-18-9-11-7-10(2)19-15(20-11)8-12-13(16)5-4-6-14(12)17/h4-7,18H,3,8-9H2,1-2H3. The molecular weight excluding hydrogens is 293 g/mol. The summed E-state index contributed by atoms with van der Waals surface area (Å²) in [7, 11) is 0. The van der Waals surface area contributed by atoms with E-state index < -0.39 is 0 Å². The second kappa shape index (κ2) is 7.02. The number of hydrogen-bond donors (Lipinski definition) is 1. The molecule has 2 rings (SSSR count). The van der Waals surface area contributed by atoms with E-state index in [0.717, 1.165) is 35.9 Å². The van der Waals surface area contributed by atoms with Crippen LogP contribution in [-0.4, -0.2) is 16.5 Å². The molecule has 20 heavy (non-hydrogen) atoms. The maximum Gasteiger partial charge on any atom is 0.133 e. The Bertz CT molecular complexity index is 579. The molecule has 1 aromatic heterocycles. The van der Waals surface area contributed by atoms with Gasteiger partial charge in [-0.05, 0) is 37.2 Å². The van der Waals surface area contributed by atoms with E-state index in [0.29, 0.717) is 16.5 Å². The molecule has 1 heterocycles. The highest BCUT2D eigenvalue weighted by Crippen LogP contribution is 2.26. The average Bonchev–Trinajstić information content (AvgIpc) is 2.40. The van der Waals surface area contributed by atoms with E-state index in [1.54, 1.807) is 0 Å². The zero-order valence-corrected chi connectivity index (χ0v) is 13.1. The summed E-state index contributed by atoms with van der Waals surface area (Å²) in [6, 6.07) is 7.48. The summed E-state index contributed by atoms with van der Waals surface area (Å²) in [5.41, 5.74) is 2.81.